The van der Waals surface area contributed by atoms with Crippen LogP contribution >= 0.6 is 0 Å². The number of aliphatic carboxylic acids is 1. The molecule has 0 fully saturated rings. The molecular weight excluding hydrogens is 366 g/mol. The van der Waals surface area contributed by atoms with Gasteiger partial charge in [-0.2, -0.15) is 0 Å². The normalized spacial score (nSPS) is 13.6. The Morgan fingerprint density at radius 2 is 1.70 bits per heavy atom. The van der Waals surface area contributed by atoms with Crippen molar-refractivity contribution >= 4 is 21.7 Å². The highest BCUT2D eigenvalue weighted by Crippen LogP contribution is 2.27. The molecule has 2 aromatic rings. The number of hydrogen-bond acceptors (Lipinski definition) is 4. The molecule has 144 valence electrons. The van der Waals surface area contributed by atoms with Crippen molar-refractivity contribution in [3.63, 3.8) is 0 Å². The smallest absolute Gasteiger partial charge is 0.334 e. The molecule has 1 amide bonds. The molecule has 0 aliphatic carbocycles. The molecule has 2 rings (SSSR count). The third-order valence-electron chi connectivity index (χ3n) is 4.80. The van der Waals surface area contributed by atoms with E-state index in [0.29, 0.717) is 16.7 Å². The van der Waals surface area contributed by atoms with Crippen LogP contribution in [0.4, 0.5) is 0 Å². The Balaban J connectivity index is 2.57. The fourth-order valence-corrected chi connectivity index (χ4v) is 3.68. The number of carboxylic acids is 1. The maximum atomic E-state index is 13.0. The van der Waals surface area contributed by atoms with Gasteiger partial charge in [-0.3, -0.25) is 4.79 Å². The van der Waals surface area contributed by atoms with Crippen molar-refractivity contribution in [2.24, 2.45) is 0 Å². The summed E-state index contributed by atoms with van der Waals surface area (Å²) in [6.07, 6.45) is 1.19. The second-order valence-corrected chi connectivity index (χ2v) is 8.58. The van der Waals surface area contributed by atoms with E-state index in [-0.39, 0.29) is 16.9 Å². The van der Waals surface area contributed by atoms with E-state index in [1.165, 1.54) is 12.1 Å². The van der Waals surface area contributed by atoms with Gasteiger partial charge in [0, 0.05) is 11.8 Å². The molecule has 1 unspecified atom stereocenters. The van der Waals surface area contributed by atoms with Crippen molar-refractivity contribution in [3.8, 4) is 0 Å². The molecule has 2 aromatic carbocycles. The topological polar surface area (TPSA) is 101 Å². The summed E-state index contributed by atoms with van der Waals surface area (Å²) in [4.78, 5) is 25.1. The quantitative estimate of drug-likeness (QED) is 0.791. The van der Waals surface area contributed by atoms with E-state index in [0.717, 1.165) is 6.26 Å². The van der Waals surface area contributed by atoms with Gasteiger partial charge in [0.2, 0.25) is 0 Å². The Labute approximate surface area is 159 Å². The van der Waals surface area contributed by atoms with E-state index in [9.17, 15) is 23.1 Å². The molecule has 0 heterocycles. The van der Waals surface area contributed by atoms with E-state index in [4.69, 9.17) is 0 Å². The Morgan fingerprint density at radius 1 is 1.11 bits per heavy atom. The van der Waals surface area contributed by atoms with E-state index in [2.05, 4.69) is 5.32 Å². The number of nitrogens with one attached hydrogen (secondary N) is 1. The summed E-state index contributed by atoms with van der Waals surface area (Å²) in [5, 5.41) is 12.5. The monoisotopic (exact) mass is 389 g/mol. The number of sulfone groups is 1. The molecule has 0 aliphatic rings. The summed E-state index contributed by atoms with van der Waals surface area (Å²) in [6, 6.07) is 11.2. The third kappa shape index (κ3) is 4.03. The second-order valence-electron chi connectivity index (χ2n) is 6.57. The van der Waals surface area contributed by atoms with Gasteiger partial charge in [-0.15, -0.1) is 0 Å². The lowest BCUT2D eigenvalue weighted by atomic mass is 9.86. The number of carbonyl (C=O) groups is 2. The highest BCUT2D eigenvalue weighted by atomic mass is 32.2. The summed E-state index contributed by atoms with van der Waals surface area (Å²) < 4.78 is 23.8. The van der Waals surface area contributed by atoms with Crippen molar-refractivity contribution in [1.29, 1.82) is 0 Å². The van der Waals surface area contributed by atoms with Crippen LogP contribution in [-0.2, 0) is 20.2 Å². The van der Waals surface area contributed by atoms with Crippen molar-refractivity contribution in [3.05, 3.63) is 64.7 Å². The number of benzene rings is 2. The number of hydrogen-bond donors (Lipinski definition) is 2. The first-order valence-electron chi connectivity index (χ1n) is 8.45. The average Bonchev–Trinajstić information content (AvgIpc) is 2.61. The molecule has 27 heavy (non-hydrogen) atoms. The molecule has 0 spiro atoms. The molecular formula is C20H23NO5S. The molecule has 0 saturated heterocycles. The standard InChI is InChI=1S/C20H23NO5S/c1-5-20(19(23)24,15-9-7-6-8-10-15)21-18(22)17-12-16(27(4,25)26)11-13(2)14(17)3/h6-12H,5H2,1-4H3,(H,21,22)(H,23,24). The highest BCUT2D eigenvalue weighted by molar-refractivity contribution is 7.90. The minimum Gasteiger partial charge on any atom is -0.479 e. The van der Waals surface area contributed by atoms with Crippen molar-refractivity contribution in [2.75, 3.05) is 6.26 Å². The van der Waals surface area contributed by atoms with Gasteiger partial charge in [0.1, 0.15) is 0 Å². The Kier molecular flexibility index (Phi) is 5.75. The first kappa shape index (κ1) is 20.6. The van der Waals surface area contributed by atoms with Crippen LogP contribution in [0.3, 0.4) is 0 Å². The molecule has 6 nitrogen and oxygen atoms in total. The molecule has 0 bridgehead atoms. The molecule has 0 radical (unpaired) electrons. The number of carbonyl (C=O) groups excluding carboxylic acids is 1. The van der Waals surface area contributed by atoms with Crippen LogP contribution in [0, 0.1) is 13.8 Å². The summed E-state index contributed by atoms with van der Waals surface area (Å²) in [6.45, 7) is 5.09. The van der Waals surface area contributed by atoms with E-state index < -0.39 is 27.3 Å². The van der Waals surface area contributed by atoms with Gasteiger partial charge < -0.3 is 10.4 Å². The third-order valence-corrected chi connectivity index (χ3v) is 5.89. The zero-order valence-corrected chi connectivity index (χ0v) is 16.6. The summed E-state index contributed by atoms with van der Waals surface area (Å²) in [5.41, 5.74) is 0.218. The Hall–Kier alpha value is -2.67. The lowest BCUT2D eigenvalue weighted by Crippen LogP contribution is -2.51. The maximum absolute atomic E-state index is 13.0. The summed E-state index contributed by atoms with van der Waals surface area (Å²) >= 11 is 0. The number of rotatable bonds is 6. The Bertz CT molecular complexity index is 983. The van der Waals surface area contributed by atoms with Gasteiger partial charge in [-0.1, -0.05) is 37.3 Å². The first-order chi connectivity index (χ1) is 12.5. The highest BCUT2D eigenvalue weighted by Gasteiger charge is 2.40. The van der Waals surface area contributed by atoms with Gasteiger partial charge in [0.05, 0.1) is 4.90 Å². The van der Waals surface area contributed by atoms with Gasteiger partial charge in [0.15, 0.2) is 15.4 Å². The number of aryl methyl sites for hydroxylation is 1. The van der Waals surface area contributed by atoms with Crippen molar-refractivity contribution in [1.82, 2.24) is 5.32 Å². The fraction of sp³-hybridized carbons (Fsp3) is 0.300. The van der Waals surface area contributed by atoms with Crippen LogP contribution in [0.1, 0.15) is 40.4 Å². The number of carboxylic acid groups (broad SMARTS) is 1. The average molecular weight is 389 g/mol. The molecule has 7 heteroatoms. The van der Waals surface area contributed by atoms with Crippen molar-refractivity contribution < 1.29 is 23.1 Å². The molecule has 0 saturated carbocycles. The second kappa shape index (κ2) is 7.52. The first-order valence-corrected chi connectivity index (χ1v) is 10.3. The predicted octanol–water partition coefficient (Wildman–Crippen LogP) is 2.83. The molecule has 0 aromatic heterocycles. The summed E-state index contributed by atoms with van der Waals surface area (Å²) in [5.74, 6) is -1.81. The van der Waals surface area contributed by atoms with Gasteiger partial charge >= 0.3 is 5.97 Å². The van der Waals surface area contributed by atoms with Crippen LogP contribution < -0.4 is 5.32 Å². The minimum atomic E-state index is -3.51. The van der Waals surface area contributed by atoms with Gasteiger partial charge in [0.25, 0.3) is 5.91 Å². The van der Waals surface area contributed by atoms with Crippen LogP contribution in [0.15, 0.2) is 47.4 Å². The zero-order valence-electron chi connectivity index (χ0n) is 15.7. The summed E-state index contributed by atoms with van der Waals surface area (Å²) in [7, 11) is -3.51. The van der Waals surface area contributed by atoms with Crippen LogP contribution in [0.25, 0.3) is 0 Å². The molecule has 1 atom stereocenters. The molecule has 0 aliphatic heterocycles. The Morgan fingerprint density at radius 3 is 2.19 bits per heavy atom. The van der Waals surface area contributed by atoms with Crippen LogP contribution in [0.2, 0.25) is 0 Å². The minimum absolute atomic E-state index is 0.0212. The van der Waals surface area contributed by atoms with Crippen molar-refractivity contribution in [2.45, 2.75) is 37.6 Å². The fourth-order valence-electron chi connectivity index (χ4n) is 2.95. The van der Waals surface area contributed by atoms with E-state index in [1.807, 2.05) is 0 Å². The predicted molar refractivity (Wildman–Crippen MR) is 103 cm³/mol. The SMILES string of the molecule is CCC(NC(=O)c1cc(S(C)(=O)=O)cc(C)c1C)(C(=O)O)c1ccccc1. The van der Waals surface area contributed by atoms with Crippen LogP contribution in [-0.4, -0.2) is 31.7 Å². The number of amides is 1. The van der Waals surface area contributed by atoms with Crippen LogP contribution in [0.5, 0.6) is 0 Å². The van der Waals surface area contributed by atoms with E-state index >= 15 is 0 Å². The largest absolute Gasteiger partial charge is 0.479 e. The van der Waals surface area contributed by atoms with E-state index in [1.54, 1.807) is 51.1 Å². The van der Waals surface area contributed by atoms with Gasteiger partial charge in [-0.25, -0.2) is 13.2 Å². The molecule has 2 N–H and O–H groups in total. The van der Waals surface area contributed by atoms with Gasteiger partial charge in [-0.05, 0) is 49.1 Å². The lowest BCUT2D eigenvalue weighted by molar-refractivity contribution is -0.145. The zero-order chi connectivity index (χ0) is 20.4. The lowest BCUT2D eigenvalue weighted by Gasteiger charge is -2.30. The maximum Gasteiger partial charge on any atom is 0.334 e.